The van der Waals surface area contributed by atoms with Crippen LogP contribution in [0.15, 0.2) is 0 Å². The molecule has 0 radical (unpaired) electrons. The molecule has 0 saturated heterocycles. The minimum Gasteiger partial charge on any atom is -0.373 e. The lowest BCUT2D eigenvalue weighted by molar-refractivity contribution is -0.0295. The van der Waals surface area contributed by atoms with Crippen LogP contribution in [0.4, 0.5) is 0 Å². The van der Waals surface area contributed by atoms with Crippen molar-refractivity contribution in [2.24, 2.45) is 5.73 Å². The molecule has 0 aromatic heterocycles. The Kier molecular flexibility index (Phi) is 41.3. The molecule has 0 atom stereocenters. The van der Waals surface area contributed by atoms with E-state index in [-0.39, 0.29) is 11.1 Å². The van der Waals surface area contributed by atoms with Gasteiger partial charge < -0.3 is 14.7 Å². The summed E-state index contributed by atoms with van der Waals surface area (Å²) in [6.07, 6.45) is 4.57. The summed E-state index contributed by atoms with van der Waals surface area (Å²) >= 11 is 3.60. The first-order chi connectivity index (χ1) is 11.1. The van der Waals surface area contributed by atoms with E-state index in [1.54, 1.807) is 0 Å². The first kappa shape index (κ1) is 35.4. The van der Waals surface area contributed by atoms with Gasteiger partial charge in [0, 0.05) is 5.54 Å². The molecule has 0 spiro atoms. The van der Waals surface area contributed by atoms with Crippen LogP contribution in [0.2, 0.25) is 0 Å². The summed E-state index contributed by atoms with van der Waals surface area (Å²) in [6, 6.07) is 0. The van der Waals surface area contributed by atoms with Crippen LogP contribution in [-0.2, 0) is 8.92 Å². The average Bonchev–Trinajstić information content (AvgIpc) is 2.52. The van der Waals surface area contributed by atoms with Crippen molar-refractivity contribution in [1.82, 2.24) is 0 Å². The Bertz CT molecular complexity index is 181. The van der Waals surface area contributed by atoms with Crippen LogP contribution in [0, 0.1) is 0 Å². The standard InChI is InChI=1S/C7H16O2S.C6H15N.C3H8.2C2H6/c1-4-7(2,3)8-5-6-9-10;1-4-5-6(2,3)7;1-3-2;2*1-2/h10H,4-6H2,1-3H3;4-5,7H2,1-3H3;3H2,1-2H3;2*1-2H3. The Morgan fingerprint density at radius 1 is 0.833 bits per heavy atom. The van der Waals surface area contributed by atoms with Crippen molar-refractivity contribution in [3.05, 3.63) is 0 Å². The van der Waals surface area contributed by atoms with Crippen molar-refractivity contribution in [2.45, 2.75) is 120 Å². The molecular weight excluding hydrogens is 318 g/mol. The Balaban J connectivity index is -0.0000000749. The summed E-state index contributed by atoms with van der Waals surface area (Å²) in [5, 5.41) is 0. The predicted octanol–water partition coefficient (Wildman–Crippen LogP) is 7.05. The van der Waals surface area contributed by atoms with Gasteiger partial charge in [0.25, 0.3) is 0 Å². The van der Waals surface area contributed by atoms with Gasteiger partial charge >= 0.3 is 0 Å². The van der Waals surface area contributed by atoms with E-state index in [1.165, 1.54) is 12.8 Å². The normalized spacial score (nSPS) is 9.75. The van der Waals surface area contributed by atoms with Gasteiger partial charge in [0.15, 0.2) is 0 Å². The summed E-state index contributed by atoms with van der Waals surface area (Å²) < 4.78 is 10.00. The highest BCUT2D eigenvalue weighted by atomic mass is 32.1. The first-order valence-electron chi connectivity index (χ1n) is 9.79. The maximum absolute atomic E-state index is 5.65. The van der Waals surface area contributed by atoms with Gasteiger partial charge in [0.1, 0.15) is 0 Å². The Morgan fingerprint density at radius 2 is 1.21 bits per heavy atom. The van der Waals surface area contributed by atoms with E-state index in [2.05, 4.69) is 72.5 Å². The van der Waals surface area contributed by atoms with E-state index in [9.17, 15) is 0 Å². The molecule has 4 heteroatoms. The van der Waals surface area contributed by atoms with E-state index >= 15 is 0 Å². The van der Waals surface area contributed by atoms with Crippen molar-refractivity contribution in [3.8, 4) is 0 Å². The van der Waals surface area contributed by atoms with E-state index in [0.29, 0.717) is 13.2 Å². The number of thiol groups is 1. The molecule has 0 aromatic carbocycles. The SMILES string of the molecule is CC.CC.CCC.CCC(C)(C)OCCOS.CCCC(C)(C)N. The molecule has 0 aliphatic rings. The highest BCUT2D eigenvalue weighted by Gasteiger charge is 2.14. The van der Waals surface area contributed by atoms with Gasteiger partial charge in [0.05, 0.1) is 18.8 Å². The van der Waals surface area contributed by atoms with E-state index in [4.69, 9.17) is 10.5 Å². The van der Waals surface area contributed by atoms with Crippen LogP contribution < -0.4 is 5.73 Å². The van der Waals surface area contributed by atoms with Crippen molar-refractivity contribution >= 4 is 12.9 Å². The van der Waals surface area contributed by atoms with Crippen LogP contribution in [0.25, 0.3) is 0 Å². The third kappa shape index (κ3) is 57.2. The van der Waals surface area contributed by atoms with Crippen LogP contribution >= 0.6 is 12.9 Å². The molecule has 0 saturated carbocycles. The quantitative estimate of drug-likeness (QED) is 0.287. The second-order valence-electron chi connectivity index (χ2n) is 6.24. The number of nitrogens with two attached hydrogens (primary N) is 1. The molecule has 0 aliphatic heterocycles. The topological polar surface area (TPSA) is 44.5 Å². The average molecular weight is 370 g/mol. The van der Waals surface area contributed by atoms with E-state index in [1.807, 2.05) is 27.7 Å². The number of rotatable bonds is 7. The summed E-state index contributed by atoms with van der Waals surface area (Å²) in [5.74, 6) is 0. The van der Waals surface area contributed by atoms with Gasteiger partial charge in [-0.15, -0.1) is 0 Å². The van der Waals surface area contributed by atoms with Crippen LogP contribution in [0.5, 0.6) is 0 Å². The van der Waals surface area contributed by atoms with Crippen molar-refractivity contribution in [2.75, 3.05) is 13.2 Å². The molecule has 0 amide bonds. The minimum absolute atomic E-state index is 0.0215. The van der Waals surface area contributed by atoms with Crippen LogP contribution in [0.3, 0.4) is 0 Å². The molecular formula is C20H51NO2S. The number of hydrogen-bond donors (Lipinski definition) is 2. The lowest BCUT2D eigenvalue weighted by atomic mass is 10.0. The largest absolute Gasteiger partial charge is 0.373 e. The van der Waals surface area contributed by atoms with Crippen LogP contribution in [0.1, 0.15) is 109 Å². The molecule has 0 aromatic rings. The highest BCUT2D eigenvalue weighted by molar-refractivity contribution is 7.75. The number of ether oxygens (including phenoxy) is 1. The molecule has 2 N–H and O–H groups in total. The fourth-order valence-corrected chi connectivity index (χ4v) is 1.18. The Morgan fingerprint density at radius 3 is 1.38 bits per heavy atom. The van der Waals surface area contributed by atoms with Gasteiger partial charge in [0.2, 0.25) is 0 Å². The summed E-state index contributed by atoms with van der Waals surface area (Å²) in [6.45, 7) is 25.9. The predicted molar refractivity (Wildman–Crippen MR) is 117 cm³/mol. The third-order valence-corrected chi connectivity index (χ3v) is 2.60. The van der Waals surface area contributed by atoms with Gasteiger partial charge in [-0.25, -0.2) is 0 Å². The fourth-order valence-electron chi connectivity index (χ4n) is 1.10. The van der Waals surface area contributed by atoms with Gasteiger partial charge in [-0.3, -0.25) is 0 Å². The zero-order valence-electron chi connectivity index (χ0n) is 19.1. The Labute approximate surface area is 161 Å². The summed E-state index contributed by atoms with van der Waals surface area (Å²) in [4.78, 5) is 0. The van der Waals surface area contributed by atoms with E-state index in [0.717, 1.165) is 12.8 Å². The zero-order valence-corrected chi connectivity index (χ0v) is 20.0. The fraction of sp³-hybridized carbons (Fsp3) is 1.00. The molecule has 0 unspecified atom stereocenters. The van der Waals surface area contributed by atoms with E-state index < -0.39 is 0 Å². The zero-order chi connectivity index (χ0) is 20.7. The van der Waals surface area contributed by atoms with Gasteiger partial charge in [-0.2, -0.15) is 0 Å². The van der Waals surface area contributed by atoms with Crippen molar-refractivity contribution in [1.29, 1.82) is 0 Å². The highest BCUT2D eigenvalue weighted by Crippen LogP contribution is 2.12. The molecule has 0 fully saturated rings. The number of hydrogen-bond acceptors (Lipinski definition) is 4. The molecule has 0 aliphatic carbocycles. The molecule has 3 nitrogen and oxygen atoms in total. The van der Waals surface area contributed by atoms with Gasteiger partial charge in [-0.1, -0.05) is 68.2 Å². The lowest BCUT2D eigenvalue weighted by Crippen LogP contribution is -2.31. The van der Waals surface area contributed by atoms with Gasteiger partial charge in [-0.05, 0) is 53.4 Å². The summed E-state index contributed by atoms with van der Waals surface area (Å²) in [5.41, 5.74) is 5.67. The second-order valence-corrected chi connectivity index (χ2v) is 6.50. The van der Waals surface area contributed by atoms with Crippen molar-refractivity contribution in [3.63, 3.8) is 0 Å². The second kappa shape index (κ2) is 28.1. The molecule has 0 bridgehead atoms. The summed E-state index contributed by atoms with van der Waals surface area (Å²) in [7, 11) is 0. The molecule has 154 valence electrons. The maximum Gasteiger partial charge on any atom is 0.0844 e. The minimum atomic E-state index is -0.0215. The molecule has 24 heavy (non-hydrogen) atoms. The maximum atomic E-state index is 5.65. The molecule has 0 heterocycles. The Hall–Kier alpha value is 0.230. The lowest BCUT2D eigenvalue weighted by Gasteiger charge is -2.22. The molecule has 0 rings (SSSR count). The first-order valence-corrected chi connectivity index (χ1v) is 10.2. The monoisotopic (exact) mass is 369 g/mol. The van der Waals surface area contributed by atoms with Crippen LogP contribution in [-0.4, -0.2) is 24.4 Å². The smallest absolute Gasteiger partial charge is 0.0844 e. The third-order valence-electron chi connectivity index (χ3n) is 2.41. The van der Waals surface area contributed by atoms with Crippen molar-refractivity contribution < 1.29 is 8.92 Å².